The summed E-state index contributed by atoms with van der Waals surface area (Å²) in [4.78, 5) is 28.4. The smallest absolute Gasteiger partial charge is 0.246 e. The molecule has 1 spiro atoms. The van der Waals surface area contributed by atoms with Crippen molar-refractivity contribution in [3.8, 4) is 0 Å². The molecule has 0 aromatic heterocycles. The Kier molecular flexibility index (Phi) is 4.80. The van der Waals surface area contributed by atoms with E-state index in [0.717, 1.165) is 24.1 Å². The van der Waals surface area contributed by atoms with Gasteiger partial charge in [-0.15, -0.1) is 0 Å². The largest absolute Gasteiger partial charge is 0.373 e. The first-order valence-electron chi connectivity index (χ1n) is 10.5. The van der Waals surface area contributed by atoms with Crippen LogP contribution in [-0.4, -0.2) is 36.9 Å². The molecule has 2 aromatic rings. The Morgan fingerprint density at radius 1 is 1.22 bits per heavy atom. The highest BCUT2D eigenvalue weighted by atomic mass is 35.5. The molecule has 8 heteroatoms. The first kappa shape index (κ1) is 21.3. The van der Waals surface area contributed by atoms with Crippen LogP contribution in [0.25, 0.3) is 0 Å². The fourth-order valence-electron chi connectivity index (χ4n) is 5.18. The third-order valence-electron chi connectivity index (χ3n) is 7.00. The van der Waals surface area contributed by atoms with Gasteiger partial charge in [0.05, 0.1) is 21.0 Å². The van der Waals surface area contributed by atoms with Gasteiger partial charge in [-0.2, -0.15) is 0 Å². The van der Waals surface area contributed by atoms with E-state index in [0.29, 0.717) is 18.7 Å². The van der Waals surface area contributed by atoms with Gasteiger partial charge in [0.1, 0.15) is 5.82 Å². The van der Waals surface area contributed by atoms with Crippen LogP contribution in [0.15, 0.2) is 43.0 Å². The van der Waals surface area contributed by atoms with Crippen LogP contribution in [0.5, 0.6) is 0 Å². The maximum atomic E-state index is 15.1. The molecule has 1 N–H and O–H groups in total. The lowest BCUT2D eigenvalue weighted by molar-refractivity contribution is -0.125. The highest BCUT2D eigenvalue weighted by Gasteiger charge is 2.58. The fraction of sp³-hybridized carbons (Fsp3) is 0.333. The van der Waals surface area contributed by atoms with E-state index in [1.165, 1.54) is 18.2 Å². The number of halogens is 3. The van der Waals surface area contributed by atoms with Crippen LogP contribution >= 0.6 is 23.2 Å². The van der Waals surface area contributed by atoms with Crippen LogP contribution in [0.4, 0.5) is 15.8 Å². The molecule has 32 heavy (non-hydrogen) atoms. The molecule has 166 valence electrons. The van der Waals surface area contributed by atoms with Crippen molar-refractivity contribution in [1.82, 2.24) is 4.90 Å². The number of anilines is 2. The van der Waals surface area contributed by atoms with Gasteiger partial charge in [-0.05, 0) is 55.2 Å². The number of carbonyl (C=O) groups is 2. The Bertz CT molecular complexity index is 1180. The van der Waals surface area contributed by atoms with Crippen LogP contribution in [0.2, 0.25) is 10.0 Å². The number of fused-ring (bicyclic) bond motifs is 2. The van der Waals surface area contributed by atoms with Crippen LogP contribution in [0, 0.1) is 5.82 Å². The molecule has 1 unspecified atom stereocenters. The number of hydrogen-bond acceptors (Lipinski definition) is 3. The lowest BCUT2D eigenvalue weighted by atomic mass is 9.87. The molecular weight excluding hydrogens is 452 g/mol. The first-order valence-corrected chi connectivity index (χ1v) is 11.2. The molecule has 5 rings (SSSR count). The predicted molar refractivity (Wildman–Crippen MR) is 124 cm³/mol. The fourth-order valence-corrected chi connectivity index (χ4v) is 5.67. The van der Waals surface area contributed by atoms with Crippen molar-refractivity contribution in [3.05, 3.63) is 70.0 Å². The molecule has 3 aliphatic rings. The average Bonchev–Trinajstić information content (AvgIpc) is 3.44. The van der Waals surface area contributed by atoms with Crippen molar-refractivity contribution in [2.75, 3.05) is 30.4 Å². The monoisotopic (exact) mass is 473 g/mol. The molecule has 2 heterocycles. The molecule has 1 saturated heterocycles. The van der Waals surface area contributed by atoms with Gasteiger partial charge in [0.25, 0.3) is 0 Å². The number of hydrogen-bond donors (Lipinski definition) is 1. The van der Waals surface area contributed by atoms with Crippen LogP contribution in [-0.2, 0) is 20.5 Å². The zero-order chi connectivity index (χ0) is 22.8. The number of nitrogens with zero attached hydrogens (tertiary/aromatic N) is 2. The molecule has 1 atom stereocenters. The van der Waals surface area contributed by atoms with Crippen molar-refractivity contribution in [3.63, 3.8) is 0 Å². The highest BCUT2D eigenvalue weighted by Crippen LogP contribution is 2.57. The Hall–Kier alpha value is -2.57. The standard InChI is InChI=1S/C24H22Cl2FN3O2/c1-3-19(31)30-11-10-24(13-30,20-17(27)7-6-16(25)21(20)26)28-14-4-5-15-18(12-14)29(2)22(32)23(15)8-9-23/h3-7,12,28H,1,8-11,13H2,2H3. The summed E-state index contributed by atoms with van der Waals surface area (Å²) in [7, 11) is 1.78. The minimum Gasteiger partial charge on any atom is -0.373 e. The topological polar surface area (TPSA) is 52.7 Å². The summed E-state index contributed by atoms with van der Waals surface area (Å²) in [5.41, 5.74) is 1.47. The van der Waals surface area contributed by atoms with Gasteiger partial charge in [0.2, 0.25) is 11.8 Å². The van der Waals surface area contributed by atoms with Gasteiger partial charge in [-0.3, -0.25) is 9.59 Å². The third kappa shape index (κ3) is 2.96. The Morgan fingerprint density at radius 2 is 1.97 bits per heavy atom. The second-order valence-electron chi connectivity index (χ2n) is 8.82. The molecule has 0 radical (unpaired) electrons. The van der Waals surface area contributed by atoms with Gasteiger partial charge in [-0.25, -0.2) is 4.39 Å². The quantitative estimate of drug-likeness (QED) is 0.509. The number of carbonyl (C=O) groups excluding carboxylic acids is 2. The summed E-state index contributed by atoms with van der Waals surface area (Å²) in [6.07, 6.45) is 3.40. The van der Waals surface area contributed by atoms with E-state index in [4.69, 9.17) is 23.2 Å². The van der Waals surface area contributed by atoms with Gasteiger partial charge in [-0.1, -0.05) is 35.8 Å². The number of nitrogens with one attached hydrogen (secondary N) is 1. The minimum absolute atomic E-state index is 0.118. The molecular formula is C24H22Cl2FN3O2. The minimum atomic E-state index is -0.989. The van der Waals surface area contributed by atoms with Crippen molar-refractivity contribution in [2.45, 2.75) is 30.2 Å². The first-order chi connectivity index (χ1) is 15.2. The van der Waals surface area contributed by atoms with E-state index >= 15 is 4.39 Å². The second kappa shape index (κ2) is 7.22. The Balaban J connectivity index is 1.58. The molecule has 0 bridgehead atoms. The average molecular weight is 474 g/mol. The van der Waals surface area contributed by atoms with E-state index in [2.05, 4.69) is 11.9 Å². The number of amides is 2. The van der Waals surface area contributed by atoms with Crippen molar-refractivity contribution in [2.24, 2.45) is 0 Å². The maximum absolute atomic E-state index is 15.1. The number of likely N-dealkylation sites (tertiary alicyclic amines) is 1. The third-order valence-corrected chi connectivity index (χ3v) is 7.80. The van der Waals surface area contributed by atoms with E-state index in [1.54, 1.807) is 16.8 Å². The molecule has 5 nitrogen and oxygen atoms in total. The van der Waals surface area contributed by atoms with E-state index in [-0.39, 0.29) is 39.4 Å². The maximum Gasteiger partial charge on any atom is 0.246 e. The van der Waals surface area contributed by atoms with Crippen LogP contribution in [0.1, 0.15) is 30.4 Å². The van der Waals surface area contributed by atoms with Gasteiger partial charge >= 0.3 is 0 Å². The molecule has 1 aliphatic carbocycles. The zero-order valence-corrected chi connectivity index (χ0v) is 19.1. The Morgan fingerprint density at radius 3 is 2.66 bits per heavy atom. The summed E-state index contributed by atoms with van der Waals surface area (Å²) in [5.74, 6) is -0.612. The molecule has 1 saturated carbocycles. The van der Waals surface area contributed by atoms with Crippen molar-refractivity contribution >= 4 is 46.4 Å². The number of likely N-dealkylation sites (N-methyl/N-ethyl adjacent to an activating group) is 1. The summed E-state index contributed by atoms with van der Waals surface area (Å²) in [6.45, 7) is 4.17. The SMILES string of the molecule is C=CC(=O)N1CCC(Nc2ccc3c(c2)N(C)C(=O)C32CC2)(c2c(F)ccc(Cl)c2Cl)C1. The number of rotatable bonds is 4. The summed E-state index contributed by atoms with van der Waals surface area (Å²) in [5, 5.41) is 3.82. The van der Waals surface area contributed by atoms with Gasteiger partial charge < -0.3 is 15.1 Å². The molecule has 2 amide bonds. The van der Waals surface area contributed by atoms with Gasteiger partial charge in [0.15, 0.2) is 0 Å². The van der Waals surface area contributed by atoms with Gasteiger partial charge in [0, 0.05) is 37.1 Å². The predicted octanol–water partition coefficient (Wildman–Crippen LogP) is 4.87. The van der Waals surface area contributed by atoms with Crippen LogP contribution in [0.3, 0.4) is 0 Å². The van der Waals surface area contributed by atoms with Crippen LogP contribution < -0.4 is 10.2 Å². The summed E-state index contributed by atoms with van der Waals surface area (Å²) >= 11 is 12.7. The lowest BCUT2D eigenvalue weighted by Gasteiger charge is -2.34. The van der Waals surface area contributed by atoms with Crippen molar-refractivity contribution < 1.29 is 14.0 Å². The molecule has 2 aromatic carbocycles. The van der Waals surface area contributed by atoms with E-state index in [9.17, 15) is 9.59 Å². The van der Waals surface area contributed by atoms with Crippen molar-refractivity contribution in [1.29, 1.82) is 0 Å². The summed E-state index contributed by atoms with van der Waals surface area (Å²) < 4.78 is 15.1. The van der Waals surface area contributed by atoms with E-state index in [1.807, 2.05) is 18.2 Å². The lowest BCUT2D eigenvalue weighted by Crippen LogP contribution is -2.41. The molecule has 2 fully saturated rings. The molecule has 2 aliphatic heterocycles. The number of benzene rings is 2. The normalized spacial score (nSPS) is 22.9. The summed E-state index contributed by atoms with van der Waals surface area (Å²) in [6, 6.07) is 8.50. The zero-order valence-electron chi connectivity index (χ0n) is 17.6. The van der Waals surface area contributed by atoms with E-state index < -0.39 is 11.4 Å². The Labute approximate surface area is 195 Å². The highest BCUT2D eigenvalue weighted by molar-refractivity contribution is 6.42. The second-order valence-corrected chi connectivity index (χ2v) is 9.60.